The number of hydrogen-bond donors (Lipinski definition) is 1. The Morgan fingerprint density at radius 2 is 2.14 bits per heavy atom. The molecule has 0 bridgehead atoms. The Morgan fingerprint density at radius 1 is 1.50 bits per heavy atom. The van der Waals surface area contributed by atoms with Crippen molar-refractivity contribution in [3.05, 3.63) is 10.3 Å². The number of rotatable bonds is 2. The summed E-state index contributed by atoms with van der Waals surface area (Å²) < 4.78 is 2.70. The predicted octanol–water partition coefficient (Wildman–Crippen LogP) is 1.35. The molecule has 0 atom stereocenters. The number of aryl methyl sites for hydroxylation is 1. The van der Waals surface area contributed by atoms with E-state index in [1.165, 1.54) is 12.8 Å². The van der Waals surface area contributed by atoms with E-state index in [0.29, 0.717) is 6.54 Å². The fraction of sp³-hybridized carbons (Fsp3) is 0.778. The van der Waals surface area contributed by atoms with Crippen molar-refractivity contribution < 1.29 is 0 Å². The topological polar surface area (TPSA) is 56.7 Å². The maximum atomic E-state index is 5.91. The van der Waals surface area contributed by atoms with Gasteiger partial charge in [0.25, 0.3) is 0 Å². The lowest BCUT2D eigenvalue weighted by molar-refractivity contribution is 0.415. The van der Waals surface area contributed by atoms with Crippen molar-refractivity contribution in [1.82, 2.24) is 15.0 Å². The summed E-state index contributed by atoms with van der Waals surface area (Å²) in [4.78, 5) is 0. The van der Waals surface area contributed by atoms with E-state index in [-0.39, 0.29) is 5.41 Å². The normalized spacial score (nSPS) is 20.2. The Balaban J connectivity index is 2.45. The van der Waals surface area contributed by atoms with Crippen molar-refractivity contribution >= 4 is 15.9 Å². The molecular weight excluding hydrogens is 244 g/mol. The van der Waals surface area contributed by atoms with Gasteiger partial charge in [-0.3, -0.25) is 4.68 Å². The van der Waals surface area contributed by atoms with Crippen LogP contribution in [0.1, 0.15) is 31.4 Å². The molecule has 4 nitrogen and oxygen atoms in total. The second-order valence-corrected chi connectivity index (χ2v) is 4.80. The lowest BCUT2D eigenvalue weighted by Gasteiger charge is -2.27. The summed E-state index contributed by atoms with van der Waals surface area (Å²) in [6.45, 7) is 0.687. The Bertz CT molecular complexity index is 308. The van der Waals surface area contributed by atoms with E-state index in [1.807, 2.05) is 11.7 Å². The largest absolute Gasteiger partial charge is 0.330 e. The Morgan fingerprint density at radius 3 is 2.57 bits per heavy atom. The molecule has 0 aromatic carbocycles. The number of nitrogens with two attached hydrogens (primary N) is 1. The molecule has 5 heteroatoms. The van der Waals surface area contributed by atoms with Gasteiger partial charge >= 0.3 is 0 Å². The second-order valence-electron chi connectivity index (χ2n) is 4.04. The van der Waals surface area contributed by atoms with Crippen molar-refractivity contribution in [3.63, 3.8) is 0 Å². The Labute approximate surface area is 92.0 Å². The predicted molar refractivity (Wildman–Crippen MR) is 57.9 cm³/mol. The molecule has 0 radical (unpaired) electrons. The van der Waals surface area contributed by atoms with Crippen molar-refractivity contribution in [2.24, 2.45) is 12.8 Å². The summed E-state index contributed by atoms with van der Waals surface area (Å²) in [6, 6.07) is 0. The minimum absolute atomic E-state index is 0.108. The maximum absolute atomic E-state index is 5.91. The van der Waals surface area contributed by atoms with Gasteiger partial charge in [0.2, 0.25) is 0 Å². The number of aromatic nitrogens is 3. The van der Waals surface area contributed by atoms with Gasteiger partial charge in [0.1, 0.15) is 0 Å². The van der Waals surface area contributed by atoms with E-state index >= 15 is 0 Å². The first kappa shape index (κ1) is 10.1. The van der Waals surface area contributed by atoms with Crippen molar-refractivity contribution in [1.29, 1.82) is 0 Å². The zero-order chi connectivity index (χ0) is 10.2. The van der Waals surface area contributed by atoms with Crippen LogP contribution in [-0.4, -0.2) is 21.5 Å². The van der Waals surface area contributed by atoms with Gasteiger partial charge in [0.15, 0.2) is 4.60 Å². The molecule has 0 saturated heterocycles. The van der Waals surface area contributed by atoms with Gasteiger partial charge < -0.3 is 5.73 Å². The van der Waals surface area contributed by atoms with Crippen LogP contribution in [0.5, 0.6) is 0 Å². The van der Waals surface area contributed by atoms with Gasteiger partial charge in [0, 0.05) is 19.0 Å². The molecule has 1 fully saturated rings. The number of hydrogen-bond acceptors (Lipinski definition) is 3. The average molecular weight is 259 g/mol. The molecule has 1 aromatic rings. The summed E-state index contributed by atoms with van der Waals surface area (Å²) >= 11 is 3.45. The van der Waals surface area contributed by atoms with E-state index in [1.54, 1.807) is 0 Å². The molecule has 1 aromatic heterocycles. The zero-order valence-corrected chi connectivity index (χ0v) is 9.92. The lowest BCUT2D eigenvalue weighted by atomic mass is 9.83. The van der Waals surface area contributed by atoms with Crippen LogP contribution in [0.3, 0.4) is 0 Å². The molecule has 14 heavy (non-hydrogen) atoms. The van der Waals surface area contributed by atoms with Gasteiger partial charge in [-0.15, -0.1) is 5.10 Å². The van der Waals surface area contributed by atoms with Crippen LogP contribution < -0.4 is 5.73 Å². The summed E-state index contributed by atoms with van der Waals surface area (Å²) in [6.07, 6.45) is 4.83. The molecular formula is C9H15BrN4. The molecule has 0 spiro atoms. The summed E-state index contributed by atoms with van der Waals surface area (Å²) in [5.41, 5.74) is 7.18. The van der Waals surface area contributed by atoms with Crippen molar-refractivity contribution in [3.8, 4) is 0 Å². The highest BCUT2D eigenvalue weighted by molar-refractivity contribution is 9.10. The summed E-state index contributed by atoms with van der Waals surface area (Å²) in [5.74, 6) is 0. The fourth-order valence-corrected chi connectivity index (χ4v) is 3.23. The fourth-order valence-electron chi connectivity index (χ4n) is 2.48. The third-order valence-corrected chi connectivity index (χ3v) is 3.77. The second kappa shape index (κ2) is 3.62. The van der Waals surface area contributed by atoms with E-state index in [4.69, 9.17) is 5.73 Å². The summed E-state index contributed by atoms with van der Waals surface area (Å²) in [5, 5.41) is 8.05. The van der Waals surface area contributed by atoms with E-state index in [2.05, 4.69) is 26.2 Å². The lowest BCUT2D eigenvalue weighted by Crippen LogP contribution is -2.34. The third-order valence-electron chi connectivity index (χ3n) is 3.24. The smallest absolute Gasteiger partial charge is 0.152 e. The molecule has 0 unspecified atom stereocenters. The molecule has 2 rings (SSSR count). The third kappa shape index (κ3) is 1.39. The minimum Gasteiger partial charge on any atom is -0.330 e. The van der Waals surface area contributed by atoms with Gasteiger partial charge in [-0.2, -0.15) is 0 Å². The molecule has 1 heterocycles. The van der Waals surface area contributed by atoms with Gasteiger partial charge in [-0.25, -0.2) is 0 Å². The minimum atomic E-state index is 0.108. The Kier molecular flexibility index (Phi) is 2.62. The first-order chi connectivity index (χ1) is 6.69. The van der Waals surface area contributed by atoms with Crippen molar-refractivity contribution in [2.75, 3.05) is 6.54 Å². The quantitative estimate of drug-likeness (QED) is 0.872. The molecule has 1 saturated carbocycles. The molecule has 78 valence electrons. The van der Waals surface area contributed by atoms with Crippen LogP contribution in [-0.2, 0) is 12.5 Å². The van der Waals surface area contributed by atoms with Gasteiger partial charge in [0.05, 0.1) is 5.69 Å². The van der Waals surface area contributed by atoms with Crippen LogP contribution in [0, 0.1) is 0 Å². The monoisotopic (exact) mass is 258 g/mol. The van der Waals surface area contributed by atoms with Gasteiger partial charge in [-0.1, -0.05) is 18.1 Å². The molecule has 1 aliphatic carbocycles. The molecule has 2 N–H and O–H groups in total. The SMILES string of the molecule is Cn1nnc(Br)c1C1(CN)CCCC1. The molecule has 0 amide bonds. The molecule has 1 aliphatic rings. The van der Waals surface area contributed by atoms with E-state index < -0.39 is 0 Å². The zero-order valence-electron chi connectivity index (χ0n) is 8.33. The number of halogens is 1. The standard InChI is InChI=1S/C9H15BrN4/c1-14-7(8(10)12-13-14)9(6-11)4-2-3-5-9/h2-6,11H2,1H3. The van der Waals surface area contributed by atoms with Crippen LogP contribution in [0.2, 0.25) is 0 Å². The first-order valence-electron chi connectivity index (χ1n) is 4.95. The van der Waals surface area contributed by atoms with Gasteiger partial charge in [-0.05, 0) is 28.8 Å². The van der Waals surface area contributed by atoms with E-state index in [9.17, 15) is 0 Å². The van der Waals surface area contributed by atoms with Crippen molar-refractivity contribution in [2.45, 2.75) is 31.1 Å². The van der Waals surface area contributed by atoms with Crippen LogP contribution in [0.4, 0.5) is 0 Å². The maximum Gasteiger partial charge on any atom is 0.152 e. The molecule has 0 aliphatic heterocycles. The van der Waals surface area contributed by atoms with Crippen LogP contribution in [0.15, 0.2) is 4.60 Å². The van der Waals surface area contributed by atoms with Crippen LogP contribution >= 0.6 is 15.9 Å². The summed E-state index contributed by atoms with van der Waals surface area (Å²) in [7, 11) is 1.93. The van der Waals surface area contributed by atoms with Crippen LogP contribution in [0.25, 0.3) is 0 Å². The first-order valence-corrected chi connectivity index (χ1v) is 5.75. The average Bonchev–Trinajstić information content (AvgIpc) is 2.75. The highest BCUT2D eigenvalue weighted by atomic mass is 79.9. The highest BCUT2D eigenvalue weighted by Crippen LogP contribution is 2.42. The number of nitrogens with zero attached hydrogens (tertiary/aromatic N) is 3. The highest BCUT2D eigenvalue weighted by Gasteiger charge is 2.38. The Hall–Kier alpha value is -0.420. The van der Waals surface area contributed by atoms with E-state index in [0.717, 1.165) is 23.1 Å².